The number of aryl methyl sites for hydroxylation is 3. The number of aromatic nitrogens is 3. The van der Waals surface area contributed by atoms with E-state index in [0.717, 1.165) is 34.5 Å². The average molecular weight is 370 g/mol. The Balaban J connectivity index is 1.50. The molecule has 0 aliphatic heterocycles. The highest BCUT2D eigenvalue weighted by atomic mass is 32.2. The maximum Gasteiger partial charge on any atom is 0.233 e. The first-order valence-electron chi connectivity index (χ1n) is 8.47. The molecule has 0 saturated carbocycles. The van der Waals surface area contributed by atoms with Crippen LogP contribution in [0.4, 0.5) is 0 Å². The third kappa shape index (κ3) is 5.00. The lowest BCUT2D eigenvalue weighted by molar-refractivity contribution is 0.588. The van der Waals surface area contributed by atoms with Crippen LogP contribution in [0.5, 0.6) is 0 Å². The lowest BCUT2D eigenvalue weighted by Crippen LogP contribution is -2.22. The van der Waals surface area contributed by atoms with E-state index in [1.807, 2.05) is 56.6 Å². The molecule has 1 aromatic carbocycles. The van der Waals surface area contributed by atoms with Crippen LogP contribution in [0, 0.1) is 13.8 Å². The first-order chi connectivity index (χ1) is 12.4. The number of nitrogens with zero attached hydrogens (tertiary/aromatic N) is 3. The summed E-state index contributed by atoms with van der Waals surface area (Å²) in [5, 5.41) is 5.54. The van der Waals surface area contributed by atoms with E-state index in [1.54, 1.807) is 10.6 Å². The van der Waals surface area contributed by atoms with Crippen molar-refractivity contribution in [3.8, 4) is 0 Å². The Kier molecular flexibility index (Phi) is 5.49. The van der Waals surface area contributed by atoms with Gasteiger partial charge in [-0.3, -0.25) is 0 Å². The number of rotatable bonds is 7. The van der Waals surface area contributed by atoms with Crippen molar-refractivity contribution in [2.75, 3.05) is 6.54 Å². The Labute approximate surface area is 153 Å². The van der Waals surface area contributed by atoms with Gasteiger partial charge in [-0.15, -0.1) is 0 Å². The standard InChI is InChI=1S/C19H22N4O2S/c1-15-5-7-17(8-6-15)9-11-26(24,25)21-10-3-4-18-13-20-19-12-16(2)22-23(19)14-18/h5-9,11-14,21H,3-4,10H2,1-2H3/b11-9+. The van der Waals surface area contributed by atoms with Crippen LogP contribution in [0.15, 0.2) is 48.1 Å². The molecule has 2 heterocycles. The molecule has 0 spiro atoms. The lowest BCUT2D eigenvalue weighted by Gasteiger charge is -2.04. The molecule has 0 fully saturated rings. The summed E-state index contributed by atoms with van der Waals surface area (Å²) in [4.78, 5) is 4.35. The van der Waals surface area contributed by atoms with Gasteiger partial charge in [0.05, 0.1) is 5.69 Å². The molecule has 3 aromatic rings. The zero-order valence-corrected chi connectivity index (χ0v) is 15.7. The molecule has 0 aliphatic carbocycles. The zero-order valence-electron chi connectivity index (χ0n) is 14.9. The summed E-state index contributed by atoms with van der Waals surface area (Å²) in [5.41, 5.74) is 4.75. The maximum atomic E-state index is 12.0. The molecule has 0 saturated heterocycles. The molecule has 0 radical (unpaired) electrons. The Bertz CT molecular complexity index is 1020. The van der Waals surface area contributed by atoms with E-state index < -0.39 is 10.0 Å². The highest BCUT2D eigenvalue weighted by molar-refractivity contribution is 7.92. The molecule has 0 amide bonds. The number of benzene rings is 1. The predicted molar refractivity (Wildman–Crippen MR) is 103 cm³/mol. The Morgan fingerprint density at radius 3 is 2.73 bits per heavy atom. The summed E-state index contributed by atoms with van der Waals surface area (Å²) in [6.45, 7) is 4.29. The van der Waals surface area contributed by atoms with Gasteiger partial charge in [0.15, 0.2) is 5.65 Å². The molecule has 0 bridgehead atoms. The lowest BCUT2D eigenvalue weighted by atomic mass is 10.2. The van der Waals surface area contributed by atoms with Crippen molar-refractivity contribution in [2.45, 2.75) is 26.7 Å². The van der Waals surface area contributed by atoms with Gasteiger partial charge in [-0.05, 0) is 43.9 Å². The number of hydrogen-bond donors (Lipinski definition) is 1. The van der Waals surface area contributed by atoms with Crippen LogP contribution in [-0.4, -0.2) is 29.6 Å². The minimum atomic E-state index is -3.44. The molecule has 7 heteroatoms. The maximum absolute atomic E-state index is 12.0. The van der Waals surface area contributed by atoms with Gasteiger partial charge < -0.3 is 0 Å². The molecule has 2 aromatic heterocycles. The molecule has 0 aliphatic rings. The third-order valence-electron chi connectivity index (χ3n) is 3.95. The Hall–Kier alpha value is -2.51. The topological polar surface area (TPSA) is 76.4 Å². The Morgan fingerprint density at radius 1 is 1.19 bits per heavy atom. The van der Waals surface area contributed by atoms with Crippen LogP contribution in [0.1, 0.15) is 28.8 Å². The summed E-state index contributed by atoms with van der Waals surface area (Å²) < 4.78 is 28.4. The minimum Gasteiger partial charge on any atom is -0.237 e. The van der Waals surface area contributed by atoms with Gasteiger partial charge in [0.25, 0.3) is 0 Å². The van der Waals surface area contributed by atoms with Crippen LogP contribution in [0.3, 0.4) is 0 Å². The Morgan fingerprint density at radius 2 is 1.96 bits per heavy atom. The number of fused-ring (bicyclic) bond motifs is 1. The molecule has 1 N–H and O–H groups in total. The van der Waals surface area contributed by atoms with Crippen LogP contribution in [-0.2, 0) is 16.4 Å². The highest BCUT2D eigenvalue weighted by Crippen LogP contribution is 2.08. The van der Waals surface area contributed by atoms with E-state index in [0.29, 0.717) is 13.0 Å². The van der Waals surface area contributed by atoms with Gasteiger partial charge in [-0.25, -0.2) is 22.6 Å². The fraction of sp³-hybridized carbons (Fsp3) is 0.263. The smallest absolute Gasteiger partial charge is 0.233 e. The van der Waals surface area contributed by atoms with Gasteiger partial charge in [0, 0.05) is 30.4 Å². The van der Waals surface area contributed by atoms with E-state index in [9.17, 15) is 8.42 Å². The van der Waals surface area contributed by atoms with Crippen molar-refractivity contribution in [1.82, 2.24) is 19.3 Å². The van der Waals surface area contributed by atoms with E-state index in [1.165, 1.54) is 5.41 Å². The summed E-state index contributed by atoms with van der Waals surface area (Å²) in [6, 6.07) is 9.60. The first-order valence-corrected chi connectivity index (χ1v) is 10.0. The van der Waals surface area contributed by atoms with E-state index in [4.69, 9.17) is 0 Å². The van der Waals surface area contributed by atoms with Crippen molar-refractivity contribution < 1.29 is 8.42 Å². The number of hydrogen-bond acceptors (Lipinski definition) is 4. The third-order valence-corrected chi connectivity index (χ3v) is 5.05. The molecular weight excluding hydrogens is 348 g/mol. The fourth-order valence-electron chi connectivity index (χ4n) is 2.56. The molecule has 3 rings (SSSR count). The van der Waals surface area contributed by atoms with Gasteiger partial charge in [0.1, 0.15) is 0 Å². The van der Waals surface area contributed by atoms with Crippen molar-refractivity contribution in [3.05, 3.63) is 70.5 Å². The zero-order chi connectivity index (χ0) is 18.6. The van der Waals surface area contributed by atoms with E-state index in [-0.39, 0.29) is 0 Å². The largest absolute Gasteiger partial charge is 0.237 e. The van der Waals surface area contributed by atoms with Crippen LogP contribution >= 0.6 is 0 Å². The molecule has 26 heavy (non-hydrogen) atoms. The minimum absolute atomic E-state index is 0.372. The molecule has 6 nitrogen and oxygen atoms in total. The summed E-state index contributed by atoms with van der Waals surface area (Å²) in [7, 11) is -3.44. The molecule has 0 atom stereocenters. The second kappa shape index (κ2) is 7.80. The van der Waals surface area contributed by atoms with Gasteiger partial charge in [-0.1, -0.05) is 29.8 Å². The average Bonchev–Trinajstić information content (AvgIpc) is 2.98. The van der Waals surface area contributed by atoms with Gasteiger partial charge >= 0.3 is 0 Å². The summed E-state index contributed by atoms with van der Waals surface area (Å²) in [6.07, 6.45) is 6.75. The second-order valence-corrected chi connectivity index (χ2v) is 7.96. The van der Waals surface area contributed by atoms with Gasteiger partial charge in [0.2, 0.25) is 10.0 Å². The van der Waals surface area contributed by atoms with Crippen molar-refractivity contribution in [3.63, 3.8) is 0 Å². The van der Waals surface area contributed by atoms with Crippen molar-refractivity contribution >= 4 is 21.7 Å². The van der Waals surface area contributed by atoms with Gasteiger partial charge in [-0.2, -0.15) is 5.10 Å². The highest BCUT2D eigenvalue weighted by Gasteiger charge is 2.05. The molecule has 0 unspecified atom stereocenters. The monoisotopic (exact) mass is 370 g/mol. The SMILES string of the molecule is Cc1ccc(/C=C/S(=O)(=O)NCCCc2cnc3cc(C)nn3c2)cc1. The number of sulfonamides is 1. The quantitative estimate of drug-likeness (QED) is 0.649. The summed E-state index contributed by atoms with van der Waals surface area (Å²) in [5.74, 6) is 0. The van der Waals surface area contributed by atoms with E-state index in [2.05, 4.69) is 14.8 Å². The fourth-order valence-corrected chi connectivity index (χ4v) is 3.43. The van der Waals surface area contributed by atoms with Crippen molar-refractivity contribution in [2.24, 2.45) is 0 Å². The van der Waals surface area contributed by atoms with Crippen molar-refractivity contribution in [1.29, 1.82) is 0 Å². The van der Waals surface area contributed by atoms with E-state index >= 15 is 0 Å². The summed E-state index contributed by atoms with van der Waals surface area (Å²) >= 11 is 0. The van der Waals surface area contributed by atoms with Crippen LogP contribution in [0.25, 0.3) is 11.7 Å². The normalized spacial score (nSPS) is 12.2. The second-order valence-electron chi connectivity index (χ2n) is 6.31. The predicted octanol–water partition coefficient (Wildman–Crippen LogP) is 2.87. The number of nitrogens with one attached hydrogen (secondary N) is 1. The molecule has 136 valence electrons. The van der Waals surface area contributed by atoms with Crippen LogP contribution in [0.2, 0.25) is 0 Å². The first kappa shape index (κ1) is 18.3. The molecular formula is C19H22N4O2S. The van der Waals surface area contributed by atoms with Crippen LogP contribution < -0.4 is 4.72 Å².